The van der Waals surface area contributed by atoms with E-state index < -0.39 is 21.2 Å². The molecule has 92 valence electrons. The van der Waals surface area contributed by atoms with Crippen LogP contribution >= 0.6 is 11.8 Å². The van der Waals surface area contributed by atoms with Crippen molar-refractivity contribution in [2.24, 2.45) is 0 Å². The summed E-state index contributed by atoms with van der Waals surface area (Å²) in [5.41, 5.74) is -0.894. The smallest absolute Gasteiger partial charge is 0.258 e. The Morgan fingerprint density at radius 3 is 2.56 bits per heavy atom. The molecule has 0 saturated heterocycles. The van der Waals surface area contributed by atoms with Crippen molar-refractivity contribution >= 4 is 23.1 Å². The Morgan fingerprint density at radius 2 is 2.00 bits per heavy atom. The Hall–Kier alpha value is -2.56. The number of rotatable bonds is 4. The average molecular weight is 268 g/mol. The Balaban J connectivity index is 2.40. The maximum absolute atomic E-state index is 10.8. The van der Waals surface area contributed by atoms with Crippen molar-refractivity contribution in [1.82, 2.24) is 20.2 Å². The summed E-state index contributed by atoms with van der Waals surface area (Å²) >= 11 is 0.865. The zero-order valence-electron chi connectivity index (χ0n) is 8.51. The molecule has 0 bridgehead atoms. The maximum atomic E-state index is 10.8. The lowest BCUT2D eigenvalue weighted by Crippen LogP contribution is -1.97. The minimum Gasteiger partial charge on any atom is -0.258 e. The van der Waals surface area contributed by atoms with Crippen LogP contribution in [0.15, 0.2) is 28.8 Å². The molecule has 0 aliphatic rings. The van der Waals surface area contributed by atoms with Gasteiger partial charge in [-0.15, -0.1) is 0 Å². The number of nitrogens with zero attached hydrogens (tertiary/aromatic N) is 5. The number of hydrogen-bond donors (Lipinski definition) is 1. The van der Waals surface area contributed by atoms with E-state index in [9.17, 15) is 20.2 Å². The molecule has 2 heterocycles. The SMILES string of the molecule is O=[N+]([O-])c1cnc(Sc2ncn[nH]2)c([N+](=O)[O-])c1. The summed E-state index contributed by atoms with van der Waals surface area (Å²) in [6, 6.07) is 0.853. The van der Waals surface area contributed by atoms with Crippen molar-refractivity contribution in [2.45, 2.75) is 10.2 Å². The molecule has 10 nitrogen and oxygen atoms in total. The molecule has 0 unspecified atom stereocenters. The van der Waals surface area contributed by atoms with Crippen molar-refractivity contribution < 1.29 is 9.85 Å². The van der Waals surface area contributed by atoms with Crippen LogP contribution in [0.25, 0.3) is 0 Å². The van der Waals surface area contributed by atoms with E-state index in [1.165, 1.54) is 6.33 Å². The fraction of sp³-hybridized carbons (Fsp3) is 0. The lowest BCUT2D eigenvalue weighted by molar-refractivity contribution is -0.396. The molecule has 2 aromatic rings. The lowest BCUT2D eigenvalue weighted by atomic mass is 10.4. The van der Waals surface area contributed by atoms with Crippen LogP contribution in [-0.4, -0.2) is 30.0 Å². The standard InChI is InChI=1S/C7H4N6O4S/c14-12(15)4-1-5(13(16)17)6(8-2-4)18-7-9-3-10-11-7/h1-3H,(H,9,10,11). The van der Waals surface area contributed by atoms with Crippen molar-refractivity contribution in [1.29, 1.82) is 0 Å². The maximum Gasteiger partial charge on any atom is 0.308 e. The number of nitrogens with one attached hydrogen (secondary N) is 1. The number of H-pyrrole nitrogens is 1. The third-order valence-electron chi connectivity index (χ3n) is 1.81. The van der Waals surface area contributed by atoms with E-state index >= 15 is 0 Å². The second kappa shape index (κ2) is 4.75. The lowest BCUT2D eigenvalue weighted by Gasteiger charge is -1.98. The van der Waals surface area contributed by atoms with E-state index in [4.69, 9.17) is 0 Å². The van der Waals surface area contributed by atoms with Crippen LogP contribution in [0.4, 0.5) is 11.4 Å². The second-order valence-corrected chi connectivity index (χ2v) is 3.90. The van der Waals surface area contributed by atoms with Gasteiger partial charge in [0, 0.05) is 0 Å². The first kappa shape index (κ1) is 11.9. The molecule has 0 aliphatic heterocycles. The van der Waals surface area contributed by atoms with E-state index in [-0.39, 0.29) is 5.03 Å². The van der Waals surface area contributed by atoms with Crippen molar-refractivity contribution in [3.05, 3.63) is 38.8 Å². The van der Waals surface area contributed by atoms with Gasteiger partial charge >= 0.3 is 5.69 Å². The van der Waals surface area contributed by atoms with E-state index in [1.807, 2.05) is 0 Å². The highest BCUT2D eigenvalue weighted by Crippen LogP contribution is 2.32. The normalized spacial score (nSPS) is 10.2. The van der Waals surface area contributed by atoms with Gasteiger partial charge in [-0.1, -0.05) is 0 Å². The van der Waals surface area contributed by atoms with Crippen LogP contribution < -0.4 is 0 Å². The van der Waals surface area contributed by atoms with Gasteiger partial charge in [0.15, 0.2) is 10.2 Å². The van der Waals surface area contributed by atoms with Gasteiger partial charge in [-0.05, 0) is 11.8 Å². The van der Waals surface area contributed by atoms with Crippen LogP contribution in [0, 0.1) is 20.2 Å². The Bertz CT molecular complexity index is 600. The van der Waals surface area contributed by atoms with Gasteiger partial charge in [0.05, 0.1) is 15.9 Å². The van der Waals surface area contributed by atoms with E-state index in [0.717, 1.165) is 24.0 Å². The van der Waals surface area contributed by atoms with E-state index in [2.05, 4.69) is 20.2 Å². The predicted molar refractivity (Wildman–Crippen MR) is 58.1 cm³/mol. The predicted octanol–water partition coefficient (Wildman–Crippen LogP) is 1.17. The summed E-state index contributed by atoms with van der Waals surface area (Å²) in [7, 11) is 0. The number of aromatic nitrogens is 4. The van der Waals surface area contributed by atoms with Gasteiger partial charge < -0.3 is 0 Å². The molecule has 1 N–H and O–H groups in total. The first-order valence-corrected chi connectivity index (χ1v) is 5.21. The molecular weight excluding hydrogens is 264 g/mol. The molecule has 2 aromatic heterocycles. The minimum atomic E-state index is -0.747. The Labute approximate surface area is 103 Å². The van der Waals surface area contributed by atoms with Crippen LogP contribution in [0.3, 0.4) is 0 Å². The zero-order chi connectivity index (χ0) is 13.1. The quantitative estimate of drug-likeness (QED) is 0.643. The molecular formula is C7H4N6O4S. The first-order valence-electron chi connectivity index (χ1n) is 4.40. The van der Waals surface area contributed by atoms with E-state index in [1.54, 1.807) is 0 Å². The summed E-state index contributed by atoms with van der Waals surface area (Å²) in [6.07, 6.45) is 2.19. The summed E-state index contributed by atoms with van der Waals surface area (Å²) in [6.45, 7) is 0. The second-order valence-electron chi connectivity index (χ2n) is 2.92. The summed E-state index contributed by atoms with van der Waals surface area (Å²) in [5, 5.41) is 27.7. The van der Waals surface area contributed by atoms with Crippen molar-refractivity contribution in [3.8, 4) is 0 Å². The highest BCUT2D eigenvalue weighted by Gasteiger charge is 2.22. The molecule has 2 rings (SSSR count). The highest BCUT2D eigenvalue weighted by molar-refractivity contribution is 7.99. The molecule has 0 fully saturated rings. The van der Waals surface area contributed by atoms with Gasteiger partial charge in [0.25, 0.3) is 5.69 Å². The molecule has 0 radical (unpaired) electrons. The number of nitro groups is 2. The molecule has 0 atom stereocenters. The Morgan fingerprint density at radius 1 is 1.22 bits per heavy atom. The van der Waals surface area contributed by atoms with Crippen LogP contribution in [0.1, 0.15) is 0 Å². The van der Waals surface area contributed by atoms with Crippen LogP contribution in [0.5, 0.6) is 0 Å². The largest absolute Gasteiger partial charge is 0.308 e. The molecule has 11 heteroatoms. The topological polar surface area (TPSA) is 141 Å². The molecule has 0 saturated carbocycles. The fourth-order valence-corrected chi connectivity index (χ4v) is 1.80. The minimum absolute atomic E-state index is 0.00218. The number of aromatic amines is 1. The first-order chi connectivity index (χ1) is 8.58. The fourth-order valence-electron chi connectivity index (χ4n) is 1.07. The molecule has 18 heavy (non-hydrogen) atoms. The van der Waals surface area contributed by atoms with Crippen LogP contribution in [-0.2, 0) is 0 Å². The van der Waals surface area contributed by atoms with Crippen molar-refractivity contribution in [2.75, 3.05) is 0 Å². The van der Waals surface area contributed by atoms with Gasteiger partial charge in [-0.2, -0.15) is 5.10 Å². The van der Waals surface area contributed by atoms with Crippen molar-refractivity contribution in [3.63, 3.8) is 0 Å². The molecule has 0 aromatic carbocycles. The third kappa shape index (κ3) is 2.40. The van der Waals surface area contributed by atoms with Crippen LogP contribution in [0.2, 0.25) is 0 Å². The molecule has 0 spiro atoms. The van der Waals surface area contributed by atoms with Gasteiger partial charge in [0.1, 0.15) is 12.5 Å². The summed E-state index contributed by atoms with van der Waals surface area (Å²) in [4.78, 5) is 27.3. The molecule has 0 amide bonds. The average Bonchev–Trinajstić information content (AvgIpc) is 2.81. The summed E-state index contributed by atoms with van der Waals surface area (Å²) < 4.78 is 0. The molecule has 0 aliphatic carbocycles. The van der Waals surface area contributed by atoms with Gasteiger partial charge in [-0.3, -0.25) is 25.3 Å². The highest BCUT2D eigenvalue weighted by atomic mass is 32.2. The number of hydrogen-bond acceptors (Lipinski definition) is 8. The summed E-state index contributed by atoms with van der Waals surface area (Å²) in [5.74, 6) is 0. The zero-order valence-corrected chi connectivity index (χ0v) is 9.33. The number of pyridine rings is 1. The Kier molecular flexibility index (Phi) is 3.14. The third-order valence-corrected chi connectivity index (χ3v) is 2.71. The monoisotopic (exact) mass is 268 g/mol. The van der Waals surface area contributed by atoms with E-state index in [0.29, 0.717) is 5.16 Å². The van der Waals surface area contributed by atoms with Gasteiger partial charge in [-0.25, -0.2) is 9.97 Å². The van der Waals surface area contributed by atoms with Gasteiger partial charge in [0.2, 0.25) is 0 Å².